The SMILES string of the molecule is O=P(O)(O)OCCCCCCCCCCCCCCCCCCCCCCCCCCCCCCCCCCCNC(=S)S. The number of unbranched alkanes of at least 4 members (excludes halogenated alkanes) is 32. The van der Waals surface area contributed by atoms with Gasteiger partial charge in [-0.15, -0.1) is 12.6 Å². The molecule has 0 rings (SSSR count). The van der Waals surface area contributed by atoms with E-state index in [2.05, 4.69) is 22.5 Å². The lowest BCUT2D eigenvalue weighted by Gasteiger charge is -2.05. The molecule has 0 heterocycles. The minimum atomic E-state index is -4.27. The highest BCUT2D eigenvalue weighted by Gasteiger charge is 2.12. The van der Waals surface area contributed by atoms with Gasteiger partial charge >= 0.3 is 7.82 Å². The van der Waals surface area contributed by atoms with Crippen LogP contribution in [0.15, 0.2) is 0 Å². The monoisotopic (exact) mass is 679 g/mol. The number of phosphoric acid groups is 1. The van der Waals surface area contributed by atoms with Crippen molar-refractivity contribution >= 4 is 37.0 Å². The van der Waals surface area contributed by atoms with E-state index in [1.807, 2.05) is 0 Å². The van der Waals surface area contributed by atoms with Crippen LogP contribution in [0.3, 0.4) is 0 Å². The molecule has 8 heteroatoms. The normalized spacial score (nSPS) is 11.8. The van der Waals surface area contributed by atoms with Crippen LogP contribution in [-0.2, 0) is 9.09 Å². The highest BCUT2D eigenvalue weighted by atomic mass is 32.1. The summed E-state index contributed by atoms with van der Waals surface area (Å²) < 4.78 is 15.7. The van der Waals surface area contributed by atoms with Gasteiger partial charge in [0.05, 0.1) is 6.61 Å². The number of thiocarbonyl (C=S) groups is 1. The van der Waals surface area contributed by atoms with E-state index in [1.54, 1.807) is 0 Å². The zero-order valence-electron chi connectivity index (χ0n) is 28.8. The number of rotatable bonds is 37. The standard InChI is InChI=1S/C36H74NO4PS2/c38-42(39,40)41-35-33-31-29-27-25-23-21-19-17-15-13-11-9-7-5-3-1-2-4-6-8-10-12-14-16-18-20-22-24-26-28-30-32-34-37-36(43)44/h1-35H2,(H2,37,43,44)(H2,38,39,40). The van der Waals surface area contributed by atoms with Crippen LogP contribution in [0.1, 0.15) is 212 Å². The highest BCUT2D eigenvalue weighted by Crippen LogP contribution is 2.35. The molecule has 0 aliphatic heterocycles. The molecule has 0 fully saturated rings. The fourth-order valence-electron chi connectivity index (χ4n) is 6.09. The molecule has 44 heavy (non-hydrogen) atoms. The maximum Gasteiger partial charge on any atom is 0.469 e. The van der Waals surface area contributed by atoms with Gasteiger partial charge in [0.25, 0.3) is 0 Å². The lowest BCUT2D eigenvalue weighted by Crippen LogP contribution is -2.17. The van der Waals surface area contributed by atoms with Gasteiger partial charge in [0.15, 0.2) is 0 Å². The smallest absolute Gasteiger partial charge is 0.371 e. The third-order valence-corrected chi connectivity index (χ3v) is 9.68. The summed E-state index contributed by atoms with van der Waals surface area (Å²) in [5, 5.41) is 3.11. The molecule has 0 amide bonds. The Balaban J connectivity index is 3.06. The summed E-state index contributed by atoms with van der Waals surface area (Å²) in [6.45, 7) is 1.14. The third-order valence-electron chi connectivity index (χ3n) is 8.86. The molecule has 0 saturated heterocycles. The molecule has 0 aromatic rings. The van der Waals surface area contributed by atoms with Crippen LogP contribution in [-0.4, -0.2) is 27.3 Å². The van der Waals surface area contributed by atoms with Crippen molar-refractivity contribution in [3.05, 3.63) is 0 Å². The molecule has 0 radical (unpaired) electrons. The van der Waals surface area contributed by atoms with Gasteiger partial charge in [-0.25, -0.2) is 4.57 Å². The average Bonchev–Trinajstić information content (AvgIpc) is 2.98. The predicted octanol–water partition coefficient (Wildman–Crippen LogP) is 12.8. The van der Waals surface area contributed by atoms with Crippen LogP contribution < -0.4 is 5.32 Å². The highest BCUT2D eigenvalue weighted by molar-refractivity contribution is 8.11. The average molecular weight is 680 g/mol. The molecule has 0 bridgehead atoms. The van der Waals surface area contributed by atoms with Gasteiger partial charge < -0.3 is 15.1 Å². The van der Waals surface area contributed by atoms with Gasteiger partial charge in [0.1, 0.15) is 4.32 Å². The Morgan fingerprint density at radius 3 is 0.864 bits per heavy atom. The number of hydrogen-bond donors (Lipinski definition) is 4. The van der Waals surface area contributed by atoms with Gasteiger partial charge in [0.2, 0.25) is 0 Å². The molecule has 0 spiro atoms. The van der Waals surface area contributed by atoms with Crippen molar-refractivity contribution in [2.24, 2.45) is 0 Å². The quantitative estimate of drug-likeness (QED) is 0.0226. The molecule has 0 atom stereocenters. The van der Waals surface area contributed by atoms with Gasteiger partial charge in [-0.1, -0.05) is 211 Å². The van der Waals surface area contributed by atoms with E-state index in [0.29, 0.717) is 4.32 Å². The minimum Gasteiger partial charge on any atom is -0.371 e. The van der Waals surface area contributed by atoms with Gasteiger partial charge in [-0.05, 0) is 12.8 Å². The Hall–Kier alpha value is 0.350. The van der Waals surface area contributed by atoms with Crippen molar-refractivity contribution in [1.82, 2.24) is 5.32 Å². The molecular weight excluding hydrogens is 606 g/mol. The van der Waals surface area contributed by atoms with Gasteiger partial charge in [-0.2, -0.15) is 0 Å². The first-order chi connectivity index (χ1) is 21.4. The lowest BCUT2D eigenvalue weighted by atomic mass is 10.0. The summed E-state index contributed by atoms with van der Waals surface area (Å²) in [5.74, 6) is 0. The first-order valence-electron chi connectivity index (χ1n) is 19.1. The molecule has 0 aromatic carbocycles. The summed E-state index contributed by atoms with van der Waals surface area (Å²) in [7, 11) is -4.27. The van der Waals surface area contributed by atoms with Crippen molar-refractivity contribution in [1.29, 1.82) is 0 Å². The van der Waals surface area contributed by atoms with Crippen LogP contribution in [0.25, 0.3) is 0 Å². The zero-order valence-corrected chi connectivity index (χ0v) is 31.4. The Bertz CT molecular complexity index is 635. The number of thiol groups is 1. The summed E-state index contributed by atoms with van der Waals surface area (Å²) >= 11 is 8.98. The topological polar surface area (TPSA) is 78.8 Å². The maximum atomic E-state index is 10.6. The minimum absolute atomic E-state index is 0.167. The molecule has 3 N–H and O–H groups in total. The molecule has 0 aliphatic carbocycles. The number of nitrogens with one attached hydrogen (secondary N) is 1. The van der Waals surface area contributed by atoms with Crippen molar-refractivity contribution in [3.63, 3.8) is 0 Å². The summed E-state index contributed by atoms with van der Waals surface area (Å²) in [5.41, 5.74) is 0. The van der Waals surface area contributed by atoms with Crippen molar-refractivity contribution in [3.8, 4) is 0 Å². The Kier molecular flexibility index (Phi) is 36.5. The fourth-order valence-corrected chi connectivity index (χ4v) is 6.67. The molecule has 0 aromatic heterocycles. The van der Waals surface area contributed by atoms with E-state index in [9.17, 15) is 4.57 Å². The predicted molar refractivity (Wildman–Crippen MR) is 200 cm³/mol. The van der Waals surface area contributed by atoms with Crippen molar-refractivity contribution in [2.75, 3.05) is 13.2 Å². The van der Waals surface area contributed by atoms with Crippen LogP contribution in [0.2, 0.25) is 0 Å². The number of phosphoric ester groups is 1. The van der Waals surface area contributed by atoms with E-state index in [-0.39, 0.29) is 6.61 Å². The van der Waals surface area contributed by atoms with Crippen molar-refractivity contribution < 1.29 is 18.9 Å². The van der Waals surface area contributed by atoms with E-state index in [1.165, 1.54) is 193 Å². The molecular formula is C36H74NO4PS2. The fraction of sp³-hybridized carbons (Fsp3) is 0.972. The molecule has 0 unspecified atom stereocenters. The second-order valence-corrected chi connectivity index (χ2v) is 15.6. The lowest BCUT2D eigenvalue weighted by molar-refractivity contribution is 0.193. The molecule has 0 saturated carbocycles. The third kappa shape index (κ3) is 42.3. The van der Waals surface area contributed by atoms with Crippen LogP contribution in [0.5, 0.6) is 0 Å². The van der Waals surface area contributed by atoms with Gasteiger partial charge in [0, 0.05) is 6.54 Å². The van der Waals surface area contributed by atoms with E-state index >= 15 is 0 Å². The molecule has 0 aliphatic rings. The second-order valence-electron chi connectivity index (χ2n) is 13.2. The summed E-state index contributed by atoms with van der Waals surface area (Å²) in [6.07, 6.45) is 45.0. The summed E-state index contributed by atoms with van der Waals surface area (Å²) in [6, 6.07) is 0. The van der Waals surface area contributed by atoms with Crippen molar-refractivity contribution in [2.45, 2.75) is 212 Å². The largest absolute Gasteiger partial charge is 0.469 e. The maximum absolute atomic E-state index is 10.6. The first-order valence-corrected chi connectivity index (χ1v) is 21.5. The molecule has 264 valence electrons. The molecule has 5 nitrogen and oxygen atoms in total. The Morgan fingerprint density at radius 1 is 0.455 bits per heavy atom. The Labute approximate surface area is 285 Å². The van der Waals surface area contributed by atoms with E-state index in [4.69, 9.17) is 22.0 Å². The van der Waals surface area contributed by atoms with Crippen LogP contribution in [0.4, 0.5) is 0 Å². The first kappa shape index (κ1) is 44.4. The summed E-state index contributed by atoms with van der Waals surface area (Å²) in [4.78, 5) is 17.3. The van der Waals surface area contributed by atoms with E-state index in [0.717, 1.165) is 25.8 Å². The zero-order chi connectivity index (χ0) is 32.2. The van der Waals surface area contributed by atoms with Crippen LogP contribution in [0, 0.1) is 0 Å². The number of hydrogen-bond acceptors (Lipinski definition) is 3. The van der Waals surface area contributed by atoms with Gasteiger partial charge in [-0.3, -0.25) is 4.52 Å². The second kappa shape index (κ2) is 36.2. The van der Waals surface area contributed by atoms with E-state index < -0.39 is 7.82 Å². The Morgan fingerprint density at radius 2 is 0.659 bits per heavy atom. The van der Waals surface area contributed by atoms with Crippen LogP contribution >= 0.6 is 32.7 Å².